The van der Waals surface area contributed by atoms with Crippen molar-refractivity contribution in [2.75, 3.05) is 0 Å². The van der Waals surface area contributed by atoms with E-state index in [2.05, 4.69) is 90.7 Å². The molecule has 4 rings (SSSR count). The van der Waals surface area contributed by atoms with Gasteiger partial charge in [0, 0.05) is 0 Å². The average molecular weight is 446 g/mol. The van der Waals surface area contributed by atoms with E-state index >= 15 is 0 Å². The number of benzene rings is 2. The van der Waals surface area contributed by atoms with E-state index in [1.807, 2.05) is 0 Å². The summed E-state index contributed by atoms with van der Waals surface area (Å²) in [6.07, 6.45) is 4.88. The summed E-state index contributed by atoms with van der Waals surface area (Å²) in [6.45, 7) is 7.13. The predicted octanol–water partition coefficient (Wildman–Crippen LogP) is 6.06. The van der Waals surface area contributed by atoms with Crippen LogP contribution in [0.1, 0.15) is 43.4 Å². The molecule has 130 valence electrons. The Morgan fingerprint density at radius 3 is 1.48 bits per heavy atom. The predicted molar refractivity (Wildman–Crippen MR) is 113 cm³/mol. The van der Waals surface area contributed by atoms with E-state index in [1.54, 1.807) is 22.3 Å². The molecule has 0 nitrogen and oxygen atoms in total. The summed E-state index contributed by atoms with van der Waals surface area (Å²) in [6, 6.07) is 18.1. The fraction of sp³-hybridized carbons (Fsp3) is 0.273. The number of rotatable bonds is 2. The minimum Gasteiger partial charge on any atom is -0.147 e. The summed E-state index contributed by atoms with van der Waals surface area (Å²) in [5.41, 5.74) is 9.22. The number of fused-ring (bicyclic) bond motifs is 2. The Balaban J connectivity index is 0.00000182. The first-order chi connectivity index (χ1) is 11.3. The van der Waals surface area contributed by atoms with Gasteiger partial charge in [0.05, 0.1) is 0 Å². The van der Waals surface area contributed by atoms with Gasteiger partial charge in [0.2, 0.25) is 0 Å². The molecule has 25 heavy (non-hydrogen) atoms. The van der Waals surface area contributed by atoms with E-state index in [1.165, 1.54) is 11.1 Å². The van der Waals surface area contributed by atoms with Crippen molar-refractivity contribution in [3.63, 3.8) is 0 Å². The van der Waals surface area contributed by atoms with Crippen LogP contribution in [0, 0.1) is 0 Å². The Morgan fingerprint density at radius 2 is 1.08 bits per heavy atom. The summed E-state index contributed by atoms with van der Waals surface area (Å²) >= 11 is -3.15. The van der Waals surface area contributed by atoms with Crippen molar-refractivity contribution in [3.8, 4) is 0 Å². The van der Waals surface area contributed by atoms with Crippen LogP contribution in [0.3, 0.4) is 0 Å². The molecule has 0 saturated heterocycles. The van der Waals surface area contributed by atoms with Crippen molar-refractivity contribution in [2.24, 2.45) is 0 Å². The maximum Gasteiger partial charge on any atom is -0.147 e. The van der Waals surface area contributed by atoms with Crippen molar-refractivity contribution in [3.05, 3.63) is 81.9 Å². The van der Waals surface area contributed by atoms with Crippen LogP contribution in [0.4, 0.5) is 0 Å². The normalized spacial score (nSPS) is 21.8. The van der Waals surface area contributed by atoms with E-state index < -0.39 is 17.4 Å². The van der Waals surface area contributed by atoms with E-state index in [-0.39, 0.29) is 12.4 Å². The van der Waals surface area contributed by atoms with Crippen LogP contribution >= 0.6 is 12.4 Å². The third-order valence-corrected chi connectivity index (χ3v) is 24.1. The average Bonchev–Trinajstić information content (AvgIpc) is 3.02. The molecule has 0 N–H and O–H groups in total. The van der Waals surface area contributed by atoms with Gasteiger partial charge in [-0.15, -0.1) is 12.4 Å². The fourth-order valence-electron chi connectivity index (χ4n) is 5.64. The van der Waals surface area contributed by atoms with Crippen LogP contribution in [0.5, 0.6) is 0 Å². The number of hydrogen-bond acceptors (Lipinski definition) is 0. The van der Waals surface area contributed by atoms with Gasteiger partial charge in [0.1, 0.15) is 0 Å². The zero-order valence-corrected chi connectivity index (χ0v) is 20.2. The van der Waals surface area contributed by atoms with Crippen molar-refractivity contribution in [1.82, 2.24) is 0 Å². The van der Waals surface area contributed by atoms with Gasteiger partial charge in [0.15, 0.2) is 0 Å². The molecule has 0 aromatic heterocycles. The molecule has 0 aliphatic heterocycles. The molecule has 0 bridgehead atoms. The molecule has 0 saturated carbocycles. The van der Waals surface area contributed by atoms with Crippen LogP contribution in [0.15, 0.2) is 59.7 Å². The minimum absolute atomic E-state index is 0. The molecular formula is C22H27ClSiZr. The van der Waals surface area contributed by atoms with Crippen molar-refractivity contribution < 1.29 is 17.4 Å². The van der Waals surface area contributed by atoms with Crippen molar-refractivity contribution in [1.29, 1.82) is 0 Å². The first kappa shape index (κ1) is 19.1. The van der Waals surface area contributed by atoms with Gasteiger partial charge in [0.25, 0.3) is 0 Å². The molecule has 0 spiro atoms. The Kier molecular flexibility index (Phi) is 4.72. The minimum atomic E-state index is -3.15. The van der Waals surface area contributed by atoms with Gasteiger partial charge in [-0.25, -0.2) is 0 Å². The van der Waals surface area contributed by atoms with Crippen LogP contribution < -0.4 is 0 Å². The van der Waals surface area contributed by atoms with Crippen LogP contribution in [-0.2, 0) is 17.4 Å². The van der Waals surface area contributed by atoms with Gasteiger partial charge in [-0.05, 0) is 0 Å². The summed E-state index contributed by atoms with van der Waals surface area (Å²) in [5.74, 6) is 0. The maximum absolute atomic E-state index is 3.15. The standard InChI is InChI=1S/2C10H9.2CH3.ClH.H2Si.Zr/c2*1-8-6-9-4-2-3-5-10(9)7-8;;;;;/h2*2-7H,1H3;2*1H3;1H;1H2;. The largest absolute Gasteiger partial charge is 0.147 e. The number of allylic oxidation sites excluding steroid dienone is 2. The number of hydrogen-bond donors (Lipinski definition) is 0. The third-order valence-electron chi connectivity index (χ3n) is 6.19. The zero-order chi connectivity index (χ0) is 17.1. The van der Waals surface area contributed by atoms with E-state index in [4.69, 9.17) is 0 Å². The van der Waals surface area contributed by atoms with Gasteiger partial charge in [-0.2, -0.15) is 0 Å². The Morgan fingerprint density at radius 1 is 0.720 bits per heavy atom. The molecule has 0 amide bonds. The summed E-state index contributed by atoms with van der Waals surface area (Å²) in [4.78, 5) is 0. The molecule has 2 aliphatic rings. The maximum atomic E-state index is 2.69. The van der Waals surface area contributed by atoms with Gasteiger partial charge in [-0.1, -0.05) is 0 Å². The van der Waals surface area contributed by atoms with E-state index in [0.717, 1.165) is 0 Å². The molecular weight excluding hydrogens is 419 g/mol. The molecule has 3 heteroatoms. The first-order valence-electron chi connectivity index (χ1n) is 8.90. The second-order valence-electron chi connectivity index (χ2n) is 8.84. The van der Waals surface area contributed by atoms with Gasteiger partial charge in [-0.3, -0.25) is 0 Å². The van der Waals surface area contributed by atoms with Crippen LogP contribution in [0.2, 0.25) is 9.26 Å². The zero-order valence-electron chi connectivity index (χ0n) is 15.5. The molecule has 2 atom stereocenters. The Labute approximate surface area is 160 Å². The SMILES string of the molecule is CC1=Cc2ccccc2[CH]1[Zr]([CH3])([CH3])(=[SiH2])[CH]1C(C)=Cc2ccccc21.Cl. The second-order valence-corrected chi connectivity index (χ2v) is 39.3. The molecule has 2 aromatic carbocycles. The van der Waals surface area contributed by atoms with Crippen LogP contribution in [-0.4, -0.2) is 6.88 Å². The quantitative estimate of drug-likeness (QED) is 0.493. The topological polar surface area (TPSA) is 0 Å². The summed E-state index contributed by atoms with van der Waals surface area (Å²) in [7, 11) is 0. The molecule has 2 unspecified atom stereocenters. The first-order valence-corrected chi connectivity index (χ1v) is 22.6. The molecule has 0 fully saturated rings. The molecule has 0 radical (unpaired) electrons. The van der Waals surface area contributed by atoms with Crippen LogP contribution in [0.25, 0.3) is 12.2 Å². The van der Waals surface area contributed by atoms with Gasteiger partial charge < -0.3 is 0 Å². The Hall–Kier alpha value is -0.690. The number of halogens is 1. The third kappa shape index (κ3) is 2.82. The van der Waals surface area contributed by atoms with Crippen molar-refractivity contribution >= 4 is 31.4 Å². The molecule has 2 aliphatic carbocycles. The van der Waals surface area contributed by atoms with E-state index in [9.17, 15) is 0 Å². The molecule has 2 aromatic rings. The smallest absolute Gasteiger partial charge is 0.147 e. The molecule has 0 heterocycles. The van der Waals surface area contributed by atoms with Crippen molar-refractivity contribution in [2.45, 2.75) is 30.4 Å². The Bertz CT molecular complexity index is 904. The van der Waals surface area contributed by atoms with Gasteiger partial charge >= 0.3 is 149 Å². The van der Waals surface area contributed by atoms with E-state index in [0.29, 0.717) is 7.25 Å². The summed E-state index contributed by atoms with van der Waals surface area (Å²) < 4.78 is 6.68. The monoisotopic (exact) mass is 444 g/mol. The fourth-order valence-corrected chi connectivity index (χ4v) is 26.9. The second kappa shape index (κ2) is 6.19. The summed E-state index contributed by atoms with van der Waals surface area (Å²) in [5, 5.41) is 0.